The maximum atomic E-state index is 12.3. The van der Waals surface area contributed by atoms with E-state index in [1.165, 1.54) is 0 Å². The summed E-state index contributed by atoms with van der Waals surface area (Å²) in [5.74, 6) is 0.830. The number of ketones is 1. The molecule has 2 heterocycles. The molecule has 0 saturated carbocycles. The molecule has 2 fully saturated rings. The van der Waals surface area contributed by atoms with E-state index in [-0.39, 0.29) is 11.7 Å². The second kappa shape index (κ2) is 6.28. The summed E-state index contributed by atoms with van der Waals surface area (Å²) in [6, 6.07) is 7.85. The third kappa shape index (κ3) is 3.52. The first-order valence-corrected chi connectivity index (χ1v) is 8.21. The number of carbonyl (C=O) groups excluding carboxylic acids is 2. The van der Waals surface area contributed by atoms with Crippen molar-refractivity contribution in [1.29, 1.82) is 0 Å². The molecule has 21 heavy (non-hydrogen) atoms. The van der Waals surface area contributed by atoms with Gasteiger partial charge in [-0.2, -0.15) is 0 Å². The number of hydrogen-bond acceptors (Lipinski definition) is 3. The number of carbonyl (C=O) groups is 2. The minimum atomic E-state index is 0.162. The fourth-order valence-electron chi connectivity index (χ4n) is 3.29. The van der Waals surface area contributed by atoms with Gasteiger partial charge in [-0.15, -0.1) is 0 Å². The molecule has 0 bridgehead atoms. The summed E-state index contributed by atoms with van der Waals surface area (Å²) < 4.78 is 0.932. The van der Waals surface area contributed by atoms with Crippen molar-refractivity contribution in [2.45, 2.75) is 25.3 Å². The summed E-state index contributed by atoms with van der Waals surface area (Å²) in [6.45, 7) is 2.25. The van der Waals surface area contributed by atoms with Crippen LogP contribution in [0.2, 0.25) is 0 Å². The fourth-order valence-corrected chi connectivity index (χ4v) is 3.68. The van der Waals surface area contributed by atoms with Crippen molar-refractivity contribution < 1.29 is 9.59 Å². The Balaban J connectivity index is 1.59. The fraction of sp³-hybridized carbons (Fsp3) is 0.500. The SMILES string of the molecule is O=C1CCC2CN(CC(=O)c3cccc(Br)c3)CCC2N1. The summed E-state index contributed by atoms with van der Waals surface area (Å²) >= 11 is 3.40. The van der Waals surface area contributed by atoms with E-state index in [0.29, 0.717) is 24.9 Å². The molecule has 112 valence electrons. The highest BCUT2D eigenvalue weighted by Crippen LogP contribution is 2.25. The number of hydrogen-bond donors (Lipinski definition) is 1. The van der Waals surface area contributed by atoms with Crippen LogP contribution < -0.4 is 5.32 Å². The Bertz CT molecular complexity index is 561. The van der Waals surface area contributed by atoms with Crippen LogP contribution in [0.1, 0.15) is 29.6 Å². The standard InChI is InChI=1S/C16H19BrN2O2/c17-13-3-1-2-11(8-13)15(20)10-19-7-6-14-12(9-19)4-5-16(21)18-14/h1-3,8,12,14H,4-7,9-10H2,(H,18,21). The van der Waals surface area contributed by atoms with Gasteiger partial charge in [0, 0.05) is 35.6 Å². The molecular formula is C16H19BrN2O2. The maximum absolute atomic E-state index is 12.3. The predicted octanol–water partition coefficient (Wildman–Crippen LogP) is 2.23. The number of halogens is 1. The molecule has 2 atom stereocenters. The topological polar surface area (TPSA) is 49.4 Å². The lowest BCUT2D eigenvalue weighted by atomic mass is 9.85. The van der Waals surface area contributed by atoms with E-state index < -0.39 is 0 Å². The van der Waals surface area contributed by atoms with Crippen molar-refractivity contribution in [3.8, 4) is 0 Å². The van der Waals surface area contributed by atoms with Crippen LogP contribution in [0, 0.1) is 5.92 Å². The molecule has 3 rings (SSSR count). The molecular weight excluding hydrogens is 332 g/mol. The Morgan fingerprint density at radius 3 is 3.05 bits per heavy atom. The minimum Gasteiger partial charge on any atom is -0.353 e. The smallest absolute Gasteiger partial charge is 0.220 e. The van der Waals surface area contributed by atoms with Gasteiger partial charge in [0.05, 0.1) is 6.54 Å². The molecule has 0 radical (unpaired) electrons. The summed E-state index contributed by atoms with van der Waals surface area (Å²) in [5.41, 5.74) is 0.753. The van der Waals surface area contributed by atoms with Gasteiger partial charge in [0.2, 0.25) is 5.91 Å². The zero-order chi connectivity index (χ0) is 14.8. The number of likely N-dealkylation sites (tertiary alicyclic amines) is 1. The number of benzene rings is 1. The first-order valence-electron chi connectivity index (χ1n) is 7.42. The maximum Gasteiger partial charge on any atom is 0.220 e. The van der Waals surface area contributed by atoms with E-state index in [1.807, 2.05) is 24.3 Å². The Hall–Kier alpha value is -1.20. The van der Waals surface area contributed by atoms with Gasteiger partial charge in [0.25, 0.3) is 0 Å². The highest BCUT2D eigenvalue weighted by atomic mass is 79.9. The molecule has 2 aliphatic rings. The average Bonchev–Trinajstić information content (AvgIpc) is 2.47. The first-order chi connectivity index (χ1) is 10.1. The van der Waals surface area contributed by atoms with Crippen LogP contribution in [-0.2, 0) is 4.79 Å². The molecule has 2 unspecified atom stereocenters. The van der Waals surface area contributed by atoms with Crippen molar-refractivity contribution in [2.24, 2.45) is 5.92 Å². The van der Waals surface area contributed by atoms with E-state index >= 15 is 0 Å². The van der Waals surface area contributed by atoms with Gasteiger partial charge in [0.15, 0.2) is 5.78 Å². The Morgan fingerprint density at radius 2 is 2.24 bits per heavy atom. The summed E-state index contributed by atoms with van der Waals surface area (Å²) in [6.07, 6.45) is 2.51. The summed E-state index contributed by atoms with van der Waals surface area (Å²) in [7, 11) is 0. The predicted molar refractivity (Wildman–Crippen MR) is 84.2 cm³/mol. The lowest BCUT2D eigenvalue weighted by molar-refractivity contribution is -0.125. The van der Waals surface area contributed by atoms with Crippen molar-refractivity contribution in [2.75, 3.05) is 19.6 Å². The van der Waals surface area contributed by atoms with Gasteiger partial charge < -0.3 is 5.32 Å². The largest absolute Gasteiger partial charge is 0.353 e. The molecule has 0 aromatic heterocycles. The van der Waals surface area contributed by atoms with Gasteiger partial charge in [-0.25, -0.2) is 0 Å². The van der Waals surface area contributed by atoms with Crippen molar-refractivity contribution in [3.05, 3.63) is 34.3 Å². The van der Waals surface area contributed by atoms with E-state index in [9.17, 15) is 9.59 Å². The van der Waals surface area contributed by atoms with Gasteiger partial charge >= 0.3 is 0 Å². The molecule has 4 nitrogen and oxygen atoms in total. The lowest BCUT2D eigenvalue weighted by Gasteiger charge is -2.41. The number of amides is 1. The van der Waals surface area contributed by atoms with Gasteiger partial charge in [-0.05, 0) is 30.9 Å². The van der Waals surface area contributed by atoms with Crippen LogP contribution >= 0.6 is 15.9 Å². The molecule has 1 aromatic rings. The van der Waals surface area contributed by atoms with Crippen LogP contribution in [0.5, 0.6) is 0 Å². The zero-order valence-electron chi connectivity index (χ0n) is 11.8. The van der Waals surface area contributed by atoms with E-state index in [4.69, 9.17) is 0 Å². The highest BCUT2D eigenvalue weighted by molar-refractivity contribution is 9.10. The van der Waals surface area contributed by atoms with Gasteiger partial charge in [-0.3, -0.25) is 14.5 Å². The highest BCUT2D eigenvalue weighted by Gasteiger charge is 2.34. The van der Waals surface area contributed by atoms with E-state index in [1.54, 1.807) is 0 Å². The second-order valence-electron chi connectivity index (χ2n) is 5.93. The number of rotatable bonds is 3. The Kier molecular flexibility index (Phi) is 4.40. The zero-order valence-corrected chi connectivity index (χ0v) is 13.4. The molecule has 5 heteroatoms. The number of nitrogens with one attached hydrogen (secondary N) is 1. The molecule has 1 aromatic carbocycles. The van der Waals surface area contributed by atoms with E-state index in [0.717, 1.165) is 36.0 Å². The van der Waals surface area contributed by atoms with Gasteiger partial charge in [-0.1, -0.05) is 28.1 Å². The molecule has 0 spiro atoms. The molecule has 0 aliphatic carbocycles. The van der Waals surface area contributed by atoms with Crippen LogP contribution in [0.3, 0.4) is 0 Å². The molecule has 1 amide bonds. The lowest BCUT2D eigenvalue weighted by Crippen LogP contribution is -2.54. The quantitative estimate of drug-likeness (QED) is 0.850. The molecule has 2 aliphatic heterocycles. The third-order valence-corrected chi connectivity index (χ3v) is 4.91. The number of Topliss-reactive ketones (excluding diaryl/α,β-unsaturated/α-hetero) is 1. The molecule has 2 saturated heterocycles. The second-order valence-corrected chi connectivity index (χ2v) is 6.85. The van der Waals surface area contributed by atoms with Crippen LogP contribution in [0.25, 0.3) is 0 Å². The van der Waals surface area contributed by atoms with Gasteiger partial charge in [0.1, 0.15) is 0 Å². The van der Waals surface area contributed by atoms with Crippen LogP contribution in [-0.4, -0.2) is 42.3 Å². The first kappa shape index (κ1) is 14.7. The summed E-state index contributed by atoms with van der Waals surface area (Å²) in [4.78, 5) is 26.0. The summed E-state index contributed by atoms with van der Waals surface area (Å²) in [5, 5.41) is 3.07. The van der Waals surface area contributed by atoms with Crippen molar-refractivity contribution in [3.63, 3.8) is 0 Å². The minimum absolute atomic E-state index is 0.162. The number of piperidine rings is 2. The Labute approximate surface area is 133 Å². The monoisotopic (exact) mass is 350 g/mol. The van der Waals surface area contributed by atoms with Crippen molar-refractivity contribution >= 4 is 27.6 Å². The number of nitrogens with zero attached hydrogens (tertiary/aromatic N) is 1. The van der Waals surface area contributed by atoms with Crippen LogP contribution in [0.15, 0.2) is 28.7 Å². The molecule has 1 N–H and O–H groups in total. The Morgan fingerprint density at radius 1 is 1.38 bits per heavy atom. The van der Waals surface area contributed by atoms with Crippen molar-refractivity contribution in [1.82, 2.24) is 10.2 Å². The van der Waals surface area contributed by atoms with E-state index in [2.05, 4.69) is 26.1 Å². The van der Waals surface area contributed by atoms with Crippen LogP contribution in [0.4, 0.5) is 0 Å². The average molecular weight is 351 g/mol. The normalized spacial score (nSPS) is 26.0. The third-order valence-electron chi connectivity index (χ3n) is 4.42. The number of fused-ring (bicyclic) bond motifs is 1.